The lowest BCUT2D eigenvalue weighted by Gasteiger charge is -2.33. The fourth-order valence-electron chi connectivity index (χ4n) is 3.33. The van der Waals surface area contributed by atoms with Crippen LogP contribution < -0.4 is 5.32 Å². The van der Waals surface area contributed by atoms with E-state index in [1.165, 1.54) is 38.8 Å². The first-order chi connectivity index (χ1) is 8.84. The van der Waals surface area contributed by atoms with Crippen molar-refractivity contribution in [2.45, 2.75) is 43.9 Å². The lowest BCUT2D eigenvalue weighted by atomic mass is 9.99. The fourth-order valence-corrected chi connectivity index (χ4v) is 4.04. The molecule has 2 fully saturated rings. The predicted molar refractivity (Wildman–Crippen MR) is 74.9 cm³/mol. The molecule has 2 saturated heterocycles. The first kappa shape index (κ1) is 12.6. The summed E-state index contributed by atoms with van der Waals surface area (Å²) in [5.41, 5.74) is 0. The molecule has 18 heavy (non-hydrogen) atoms. The summed E-state index contributed by atoms with van der Waals surface area (Å²) < 4.78 is 0. The number of aliphatic hydroxyl groups excluding tert-OH is 1. The van der Waals surface area contributed by atoms with Crippen molar-refractivity contribution in [3.63, 3.8) is 0 Å². The summed E-state index contributed by atoms with van der Waals surface area (Å²) in [6.45, 7) is 3.20. The van der Waals surface area contributed by atoms with Crippen molar-refractivity contribution < 1.29 is 5.11 Å². The van der Waals surface area contributed by atoms with E-state index in [-0.39, 0.29) is 6.10 Å². The second-order valence-corrected chi connectivity index (χ2v) is 6.41. The lowest BCUT2D eigenvalue weighted by Crippen LogP contribution is -2.45. The Labute approximate surface area is 113 Å². The van der Waals surface area contributed by atoms with E-state index in [0.29, 0.717) is 18.6 Å². The lowest BCUT2D eigenvalue weighted by molar-refractivity contribution is 0.153. The number of fused-ring (bicyclic) bond motifs is 1. The molecular formula is C14H22N2OS. The molecule has 3 rings (SSSR count). The van der Waals surface area contributed by atoms with E-state index in [1.54, 1.807) is 11.3 Å². The average Bonchev–Trinajstić information content (AvgIpc) is 3.06. The van der Waals surface area contributed by atoms with Gasteiger partial charge in [-0.3, -0.25) is 4.90 Å². The van der Waals surface area contributed by atoms with Gasteiger partial charge < -0.3 is 10.4 Å². The van der Waals surface area contributed by atoms with Crippen LogP contribution >= 0.6 is 11.3 Å². The van der Waals surface area contributed by atoms with Crippen LogP contribution in [0.3, 0.4) is 0 Å². The van der Waals surface area contributed by atoms with Crippen molar-refractivity contribution in [3.8, 4) is 0 Å². The van der Waals surface area contributed by atoms with Crippen molar-refractivity contribution in [1.29, 1.82) is 0 Å². The van der Waals surface area contributed by atoms with Crippen molar-refractivity contribution in [3.05, 3.63) is 22.4 Å². The Bertz CT molecular complexity index is 368. The summed E-state index contributed by atoms with van der Waals surface area (Å²) >= 11 is 1.64. The molecule has 2 aliphatic heterocycles. The molecule has 0 amide bonds. The summed E-state index contributed by atoms with van der Waals surface area (Å²) in [5, 5.41) is 15.7. The van der Waals surface area contributed by atoms with Gasteiger partial charge in [0, 0.05) is 30.1 Å². The van der Waals surface area contributed by atoms with E-state index >= 15 is 0 Å². The smallest absolute Gasteiger partial charge is 0.101 e. The zero-order chi connectivity index (χ0) is 12.4. The topological polar surface area (TPSA) is 35.5 Å². The van der Waals surface area contributed by atoms with Gasteiger partial charge in [-0.2, -0.15) is 0 Å². The monoisotopic (exact) mass is 266 g/mol. The minimum Gasteiger partial charge on any atom is -0.386 e. The molecule has 0 radical (unpaired) electrons. The van der Waals surface area contributed by atoms with Crippen LogP contribution in [-0.4, -0.2) is 41.7 Å². The van der Waals surface area contributed by atoms with E-state index in [4.69, 9.17) is 0 Å². The van der Waals surface area contributed by atoms with E-state index in [2.05, 4.69) is 10.2 Å². The molecule has 0 bridgehead atoms. The Kier molecular flexibility index (Phi) is 3.99. The number of piperidine rings is 1. The third-order valence-electron chi connectivity index (χ3n) is 4.30. The van der Waals surface area contributed by atoms with Crippen molar-refractivity contribution in [2.75, 3.05) is 19.6 Å². The highest BCUT2D eigenvalue weighted by Crippen LogP contribution is 2.27. The average molecular weight is 266 g/mol. The summed E-state index contributed by atoms with van der Waals surface area (Å²) in [6.07, 6.45) is 4.95. The van der Waals surface area contributed by atoms with Crippen LogP contribution in [0.25, 0.3) is 0 Å². The minimum absolute atomic E-state index is 0.345. The Morgan fingerprint density at radius 1 is 1.39 bits per heavy atom. The van der Waals surface area contributed by atoms with E-state index in [9.17, 15) is 5.11 Å². The van der Waals surface area contributed by atoms with Gasteiger partial charge in [0.1, 0.15) is 6.10 Å². The largest absolute Gasteiger partial charge is 0.386 e. The Hall–Kier alpha value is -0.420. The predicted octanol–water partition coefficient (Wildman–Crippen LogP) is 2.00. The minimum atomic E-state index is -0.345. The molecule has 1 aromatic rings. The summed E-state index contributed by atoms with van der Waals surface area (Å²) in [7, 11) is 0. The molecule has 2 aliphatic rings. The number of nitrogens with one attached hydrogen (secondary N) is 1. The van der Waals surface area contributed by atoms with Gasteiger partial charge in [-0.05, 0) is 37.3 Å². The summed E-state index contributed by atoms with van der Waals surface area (Å²) in [6, 6.07) is 5.31. The van der Waals surface area contributed by atoms with Crippen LogP contribution in [-0.2, 0) is 0 Å². The fraction of sp³-hybridized carbons (Fsp3) is 0.714. The molecule has 3 heterocycles. The van der Waals surface area contributed by atoms with Crippen LogP contribution in [0.15, 0.2) is 17.5 Å². The molecule has 100 valence electrons. The van der Waals surface area contributed by atoms with Gasteiger partial charge in [0.2, 0.25) is 0 Å². The van der Waals surface area contributed by atoms with Crippen LogP contribution in [0.1, 0.15) is 36.7 Å². The molecular weight excluding hydrogens is 244 g/mol. The maximum atomic E-state index is 10.1. The summed E-state index contributed by atoms with van der Waals surface area (Å²) in [4.78, 5) is 3.69. The molecule has 0 aromatic carbocycles. The van der Waals surface area contributed by atoms with E-state index < -0.39 is 0 Å². The van der Waals surface area contributed by atoms with Gasteiger partial charge in [0.15, 0.2) is 0 Å². The molecule has 3 unspecified atom stereocenters. The number of aliphatic hydroxyl groups is 1. The highest BCUT2D eigenvalue weighted by atomic mass is 32.1. The highest BCUT2D eigenvalue weighted by Gasteiger charge is 2.35. The number of hydrogen-bond acceptors (Lipinski definition) is 4. The molecule has 3 atom stereocenters. The molecule has 3 nitrogen and oxygen atoms in total. The second kappa shape index (κ2) is 5.70. The van der Waals surface area contributed by atoms with Crippen LogP contribution in [0.5, 0.6) is 0 Å². The van der Waals surface area contributed by atoms with E-state index in [1.807, 2.05) is 17.5 Å². The zero-order valence-electron chi connectivity index (χ0n) is 10.7. The zero-order valence-corrected chi connectivity index (χ0v) is 11.5. The Morgan fingerprint density at radius 3 is 3.17 bits per heavy atom. The van der Waals surface area contributed by atoms with Crippen molar-refractivity contribution >= 4 is 11.3 Å². The van der Waals surface area contributed by atoms with Crippen LogP contribution in [0, 0.1) is 0 Å². The van der Waals surface area contributed by atoms with Crippen LogP contribution in [0.4, 0.5) is 0 Å². The molecule has 1 aromatic heterocycles. The van der Waals surface area contributed by atoms with Gasteiger partial charge in [-0.25, -0.2) is 0 Å². The van der Waals surface area contributed by atoms with Gasteiger partial charge in [0.25, 0.3) is 0 Å². The summed E-state index contributed by atoms with van der Waals surface area (Å²) in [5.74, 6) is 0. The number of thiophene rings is 1. The Morgan fingerprint density at radius 2 is 2.33 bits per heavy atom. The van der Waals surface area contributed by atoms with Crippen molar-refractivity contribution in [2.24, 2.45) is 0 Å². The first-order valence-electron chi connectivity index (χ1n) is 7.03. The molecule has 0 spiro atoms. The molecule has 0 aliphatic carbocycles. The number of rotatable bonds is 4. The Balaban J connectivity index is 1.51. The van der Waals surface area contributed by atoms with Gasteiger partial charge >= 0.3 is 0 Å². The maximum Gasteiger partial charge on any atom is 0.101 e. The number of hydrogen-bond donors (Lipinski definition) is 2. The SMILES string of the molecule is OC(CNC1CCN2CCCCC12)c1cccs1. The second-order valence-electron chi connectivity index (χ2n) is 5.43. The van der Waals surface area contributed by atoms with Crippen LogP contribution in [0.2, 0.25) is 0 Å². The van der Waals surface area contributed by atoms with Crippen molar-refractivity contribution in [1.82, 2.24) is 10.2 Å². The normalized spacial score (nSPS) is 30.3. The highest BCUT2D eigenvalue weighted by molar-refractivity contribution is 7.10. The third-order valence-corrected chi connectivity index (χ3v) is 5.27. The van der Waals surface area contributed by atoms with Gasteiger partial charge in [0.05, 0.1) is 0 Å². The quantitative estimate of drug-likeness (QED) is 0.875. The number of nitrogens with zero attached hydrogens (tertiary/aromatic N) is 1. The standard InChI is InChI=1S/C14H22N2OS/c17-13(14-5-3-9-18-14)10-15-11-6-8-16-7-2-1-4-12(11)16/h3,5,9,11-13,15,17H,1-2,4,6-8,10H2. The van der Waals surface area contributed by atoms with Gasteiger partial charge in [-0.15, -0.1) is 11.3 Å². The molecule has 2 N–H and O–H groups in total. The maximum absolute atomic E-state index is 10.1. The third kappa shape index (κ3) is 2.62. The molecule has 4 heteroatoms. The van der Waals surface area contributed by atoms with Gasteiger partial charge in [-0.1, -0.05) is 12.5 Å². The molecule has 0 saturated carbocycles. The van der Waals surface area contributed by atoms with E-state index in [0.717, 1.165) is 4.88 Å². The first-order valence-corrected chi connectivity index (χ1v) is 7.91.